The van der Waals surface area contributed by atoms with E-state index in [0.29, 0.717) is 18.8 Å². The first-order chi connectivity index (χ1) is 12.7. The van der Waals surface area contributed by atoms with Crippen molar-refractivity contribution in [2.24, 2.45) is 0 Å². The van der Waals surface area contributed by atoms with E-state index in [-0.39, 0.29) is 5.91 Å². The highest BCUT2D eigenvalue weighted by atomic mass is 16.2. The summed E-state index contributed by atoms with van der Waals surface area (Å²) in [6.07, 6.45) is 7.55. The fourth-order valence-corrected chi connectivity index (χ4v) is 2.19. The van der Waals surface area contributed by atoms with E-state index in [1.54, 1.807) is 10.8 Å². The number of rotatable bonds is 7. The fraction of sp³-hybridized carbons (Fsp3) is 0.286. The summed E-state index contributed by atoms with van der Waals surface area (Å²) in [6, 6.07) is 9.76. The minimum Gasteiger partial charge on any atom is -0.347 e. The predicted molar refractivity (Wildman–Crippen MR) is 107 cm³/mol. The first kappa shape index (κ1) is 21.1. The molecule has 5 heteroatoms. The lowest BCUT2D eigenvalue weighted by molar-refractivity contribution is 0.0945. The molecule has 1 aromatic carbocycles. The Morgan fingerprint density at radius 1 is 1.27 bits per heavy atom. The van der Waals surface area contributed by atoms with Crippen molar-refractivity contribution in [3.05, 3.63) is 83.7 Å². The fourth-order valence-electron chi connectivity index (χ4n) is 2.19. The second-order valence-corrected chi connectivity index (χ2v) is 5.31. The molecular weight excluding hydrogens is 324 g/mol. The number of amides is 1. The monoisotopic (exact) mass is 352 g/mol. The van der Waals surface area contributed by atoms with E-state index >= 15 is 0 Å². The van der Waals surface area contributed by atoms with Gasteiger partial charge < -0.3 is 5.32 Å². The van der Waals surface area contributed by atoms with Crippen LogP contribution in [0, 0.1) is 6.92 Å². The minimum absolute atomic E-state index is 0.216. The van der Waals surface area contributed by atoms with Gasteiger partial charge in [0.25, 0.3) is 5.91 Å². The summed E-state index contributed by atoms with van der Waals surface area (Å²) in [5.41, 5.74) is 3.21. The smallest absolute Gasteiger partial charge is 0.274 e. The number of nitrogens with one attached hydrogen (secondary N) is 1. The Morgan fingerprint density at radius 3 is 2.58 bits per heavy atom. The molecule has 138 valence electrons. The van der Waals surface area contributed by atoms with Crippen LogP contribution in [0.3, 0.4) is 0 Å². The summed E-state index contributed by atoms with van der Waals surface area (Å²) in [6.45, 7) is 12.5. The topological polar surface area (TPSA) is 59.8 Å². The third kappa shape index (κ3) is 6.16. The molecule has 2 rings (SSSR count). The molecule has 1 heterocycles. The quantitative estimate of drug-likeness (QED) is 0.759. The molecule has 0 aliphatic rings. The SMILES string of the molecule is C=C/C=C\C(=C/C)Cn1nnc(C(=O)NCc2ccccc2)c1C.CC. The van der Waals surface area contributed by atoms with E-state index in [9.17, 15) is 4.79 Å². The molecule has 0 saturated heterocycles. The molecule has 5 nitrogen and oxygen atoms in total. The molecule has 2 aromatic rings. The van der Waals surface area contributed by atoms with Crippen molar-refractivity contribution in [1.82, 2.24) is 20.3 Å². The number of allylic oxidation sites excluding steroid dienone is 5. The third-order valence-corrected chi connectivity index (χ3v) is 3.64. The highest BCUT2D eigenvalue weighted by Crippen LogP contribution is 2.09. The van der Waals surface area contributed by atoms with Crippen LogP contribution in [0.1, 0.15) is 42.5 Å². The van der Waals surface area contributed by atoms with Gasteiger partial charge >= 0.3 is 0 Å². The van der Waals surface area contributed by atoms with Crippen LogP contribution in [0.2, 0.25) is 0 Å². The molecule has 1 N–H and O–H groups in total. The molecule has 0 bridgehead atoms. The zero-order chi connectivity index (χ0) is 19.4. The summed E-state index contributed by atoms with van der Waals surface area (Å²) in [4.78, 5) is 12.3. The Morgan fingerprint density at radius 2 is 1.96 bits per heavy atom. The van der Waals surface area contributed by atoms with Crippen LogP contribution in [0.4, 0.5) is 0 Å². The van der Waals surface area contributed by atoms with Gasteiger partial charge in [-0.3, -0.25) is 4.79 Å². The van der Waals surface area contributed by atoms with Gasteiger partial charge in [-0.25, -0.2) is 4.68 Å². The van der Waals surface area contributed by atoms with Crippen LogP contribution in [0.25, 0.3) is 0 Å². The number of benzene rings is 1. The summed E-state index contributed by atoms with van der Waals surface area (Å²) >= 11 is 0. The Kier molecular flexibility index (Phi) is 9.39. The lowest BCUT2D eigenvalue weighted by Gasteiger charge is -2.06. The van der Waals surface area contributed by atoms with Crippen molar-refractivity contribution in [2.75, 3.05) is 0 Å². The van der Waals surface area contributed by atoms with Crippen LogP contribution >= 0.6 is 0 Å². The number of nitrogens with zero attached hydrogens (tertiary/aromatic N) is 3. The van der Waals surface area contributed by atoms with Gasteiger partial charge in [0.2, 0.25) is 0 Å². The average Bonchev–Trinajstić information content (AvgIpc) is 3.06. The molecule has 0 spiro atoms. The van der Waals surface area contributed by atoms with E-state index in [1.165, 1.54) is 0 Å². The van der Waals surface area contributed by atoms with E-state index in [1.807, 2.05) is 76.3 Å². The molecule has 0 aliphatic heterocycles. The van der Waals surface area contributed by atoms with Gasteiger partial charge in [-0.15, -0.1) is 5.10 Å². The van der Waals surface area contributed by atoms with Crippen molar-refractivity contribution in [1.29, 1.82) is 0 Å². The summed E-state index contributed by atoms with van der Waals surface area (Å²) in [7, 11) is 0. The van der Waals surface area contributed by atoms with Crippen molar-refractivity contribution >= 4 is 5.91 Å². The van der Waals surface area contributed by atoms with E-state index in [0.717, 1.165) is 16.8 Å². The highest BCUT2D eigenvalue weighted by molar-refractivity contribution is 5.93. The van der Waals surface area contributed by atoms with Gasteiger partial charge in [-0.1, -0.05) is 80.3 Å². The zero-order valence-corrected chi connectivity index (χ0v) is 16.1. The second kappa shape index (κ2) is 11.6. The van der Waals surface area contributed by atoms with Gasteiger partial charge in [0.05, 0.1) is 12.2 Å². The first-order valence-electron chi connectivity index (χ1n) is 8.82. The van der Waals surface area contributed by atoms with Crippen LogP contribution in [-0.2, 0) is 13.1 Å². The van der Waals surface area contributed by atoms with Crippen molar-refractivity contribution in [2.45, 2.75) is 40.8 Å². The standard InChI is InChI=1S/C19H22N4O.C2H6/c1-4-6-10-16(5-2)14-23-15(3)18(21-22-23)19(24)20-13-17-11-8-7-9-12-17;1-2/h4-12H,1,13-14H2,2-3H3,(H,20,24);1-2H3/b10-6-,16-5+;. The average molecular weight is 352 g/mol. The molecule has 0 saturated carbocycles. The number of carbonyl (C=O) groups is 1. The van der Waals surface area contributed by atoms with E-state index in [2.05, 4.69) is 22.2 Å². The van der Waals surface area contributed by atoms with E-state index < -0.39 is 0 Å². The number of aromatic nitrogens is 3. The van der Waals surface area contributed by atoms with Gasteiger partial charge in [0.1, 0.15) is 0 Å². The Hall–Kier alpha value is -2.95. The molecule has 0 unspecified atom stereocenters. The van der Waals surface area contributed by atoms with Crippen molar-refractivity contribution in [3.63, 3.8) is 0 Å². The van der Waals surface area contributed by atoms with E-state index in [4.69, 9.17) is 0 Å². The largest absolute Gasteiger partial charge is 0.347 e. The Labute approximate surface area is 156 Å². The molecule has 1 amide bonds. The van der Waals surface area contributed by atoms with Gasteiger partial charge in [-0.2, -0.15) is 0 Å². The van der Waals surface area contributed by atoms with Crippen LogP contribution in [0.15, 0.2) is 66.8 Å². The van der Waals surface area contributed by atoms with Crippen molar-refractivity contribution < 1.29 is 4.79 Å². The maximum absolute atomic E-state index is 12.3. The second-order valence-electron chi connectivity index (χ2n) is 5.31. The molecule has 26 heavy (non-hydrogen) atoms. The first-order valence-corrected chi connectivity index (χ1v) is 8.82. The predicted octanol–water partition coefficient (Wildman–Crippen LogP) is 4.23. The van der Waals surface area contributed by atoms with Crippen LogP contribution in [0.5, 0.6) is 0 Å². The maximum atomic E-state index is 12.3. The third-order valence-electron chi connectivity index (χ3n) is 3.64. The number of hydrogen-bond acceptors (Lipinski definition) is 3. The molecule has 0 fully saturated rings. The Balaban J connectivity index is 0.00000163. The highest BCUT2D eigenvalue weighted by Gasteiger charge is 2.16. The maximum Gasteiger partial charge on any atom is 0.274 e. The van der Waals surface area contributed by atoms with Gasteiger partial charge in [-0.05, 0) is 25.0 Å². The zero-order valence-electron chi connectivity index (χ0n) is 16.1. The van der Waals surface area contributed by atoms with Crippen LogP contribution in [-0.4, -0.2) is 20.9 Å². The molecule has 0 atom stereocenters. The summed E-state index contributed by atoms with van der Waals surface area (Å²) < 4.78 is 1.72. The lowest BCUT2D eigenvalue weighted by Crippen LogP contribution is -2.24. The summed E-state index contributed by atoms with van der Waals surface area (Å²) in [5, 5.41) is 11.0. The van der Waals surface area contributed by atoms with Gasteiger partial charge in [0.15, 0.2) is 5.69 Å². The minimum atomic E-state index is -0.216. The van der Waals surface area contributed by atoms with Crippen molar-refractivity contribution in [3.8, 4) is 0 Å². The van der Waals surface area contributed by atoms with Crippen LogP contribution < -0.4 is 5.32 Å². The van der Waals surface area contributed by atoms with Gasteiger partial charge in [0, 0.05) is 6.54 Å². The lowest BCUT2D eigenvalue weighted by atomic mass is 10.2. The Bertz CT molecular complexity index is 758. The number of hydrogen-bond donors (Lipinski definition) is 1. The summed E-state index contributed by atoms with van der Waals surface area (Å²) in [5.74, 6) is -0.216. The molecular formula is C21H28N4O. The molecule has 0 radical (unpaired) electrons. The normalized spacial score (nSPS) is 11.0. The molecule has 1 aromatic heterocycles. The molecule has 0 aliphatic carbocycles. The number of carbonyl (C=O) groups excluding carboxylic acids is 1.